The average Bonchev–Trinajstić information content (AvgIpc) is 2.38. The molecule has 1 aromatic carbocycles. The summed E-state index contributed by atoms with van der Waals surface area (Å²) in [5.41, 5.74) is -0.0694. The zero-order valence-electron chi connectivity index (χ0n) is 11.7. The Balaban J connectivity index is 3.00. The fraction of sp³-hybridized carbons (Fsp3) is 0.357. The highest BCUT2D eigenvalue weighted by Gasteiger charge is 2.33. The van der Waals surface area contributed by atoms with Gasteiger partial charge in [-0.3, -0.25) is 24.5 Å². The first kappa shape index (κ1) is 16.5. The Bertz CT molecular complexity index is 581. The van der Waals surface area contributed by atoms with Crippen molar-refractivity contribution in [3.63, 3.8) is 0 Å². The summed E-state index contributed by atoms with van der Waals surface area (Å²) in [7, 11) is 0. The Morgan fingerprint density at radius 3 is 2.43 bits per heavy atom. The standard InChI is InChI=1S/C14H15NO6/c1-3-21-14(18)13(9(2)16)12(17)8-10-6-4-5-7-11(10)15(19)20/h4-7,13H,3,8H2,1-2H3. The van der Waals surface area contributed by atoms with E-state index in [1.807, 2.05) is 0 Å². The minimum absolute atomic E-state index is 0.0430. The van der Waals surface area contributed by atoms with E-state index in [0.29, 0.717) is 0 Å². The fourth-order valence-electron chi connectivity index (χ4n) is 1.88. The zero-order valence-corrected chi connectivity index (χ0v) is 11.7. The largest absolute Gasteiger partial charge is 0.465 e. The molecule has 1 rings (SSSR count). The van der Waals surface area contributed by atoms with Crippen LogP contribution in [0.3, 0.4) is 0 Å². The molecule has 0 heterocycles. The third kappa shape index (κ3) is 4.20. The lowest BCUT2D eigenvalue weighted by Crippen LogP contribution is -2.33. The van der Waals surface area contributed by atoms with Gasteiger partial charge in [0.2, 0.25) is 0 Å². The number of esters is 1. The molecule has 7 nitrogen and oxygen atoms in total. The second-order valence-electron chi connectivity index (χ2n) is 4.32. The van der Waals surface area contributed by atoms with Crippen LogP contribution in [0.5, 0.6) is 0 Å². The number of carbonyl (C=O) groups excluding carboxylic acids is 3. The number of hydrogen-bond acceptors (Lipinski definition) is 6. The van der Waals surface area contributed by atoms with Crippen LogP contribution in [0.1, 0.15) is 19.4 Å². The lowest BCUT2D eigenvalue weighted by atomic mass is 9.94. The Morgan fingerprint density at radius 1 is 1.29 bits per heavy atom. The summed E-state index contributed by atoms with van der Waals surface area (Å²) in [5, 5.41) is 10.9. The first-order valence-corrected chi connectivity index (χ1v) is 6.30. The molecule has 0 aliphatic rings. The Kier molecular flexibility index (Phi) is 5.71. The molecule has 0 radical (unpaired) electrons. The number of benzene rings is 1. The van der Waals surface area contributed by atoms with Crippen LogP contribution in [0.2, 0.25) is 0 Å². The number of Topliss-reactive ketones (excluding diaryl/α,β-unsaturated/α-hetero) is 2. The van der Waals surface area contributed by atoms with Crippen molar-refractivity contribution in [3.8, 4) is 0 Å². The normalized spacial score (nSPS) is 11.5. The van der Waals surface area contributed by atoms with E-state index in [9.17, 15) is 24.5 Å². The molecule has 21 heavy (non-hydrogen) atoms. The maximum absolute atomic E-state index is 12.1. The molecule has 112 valence electrons. The van der Waals surface area contributed by atoms with E-state index in [1.165, 1.54) is 18.2 Å². The molecule has 1 unspecified atom stereocenters. The van der Waals surface area contributed by atoms with Gasteiger partial charge in [0, 0.05) is 18.1 Å². The third-order valence-electron chi connectivity index (χ3n) is 2.80. The molecule has 0 spiro atoms. The lowest BCUT2D eigenvalue weighted by Gasteiger charge is -2.11. The molecule has 0 aromatic heterocycles. The molecule has 0 fully saturated rings. The summed E-state index contributed by atoms with van der Waals surface area (Å²) in [5.74, 6) is -3.81. The number of ketones is 2. The van der Waals surface area contributed by atoms with Gasteiger partial charge < -0.3 is 4.74 Å². The topological polar surface area (TPSA) is 104 Å². The second-order valence-corrected chi connectivity index (χ2v) is 4.32. The van der Waals surface area contributed by atoms with Crippen molar-refractivity contribution < 1.29 is 24.0 Å². The molecular formula is C14H15NO6. The van der Waals surface area contributed by atoms with Gasteiger partial charge in [-0.2, -0.15) is 0 Å². The monoisotopic (exact) mass is 293 g/mol. The number of para-hydroxylation sites is 1. The van der Waals surface area contributed by atoms with Gasteiger partial charge in [-0.15, -0.1) is 0 Å². The second kappa shape index (κ2) is 7.28. The van der Waals surface area contributed by atoms with Gasteiger partial charge in [0.1, 0.15) is 0 Å². The molecule has 0 saturated heterocycles. The first-order valence-electron chi connectivity index (χ1n) is 6.30. The van der Waals surface area contributed by atoms with Gasteiger partial charge in [0.25, 0.3) is 5.69 Å². The summed E-state index contributed by atoms with van der Waals surface area (Å²) in [6.45, 7) is 2.71. The highest BCUT2D eigenvalue weighted by Crippen LogP contribution is 2.20. The van der Waals surface area contributed by atoms with Crippen molar-refractivity contribution in [2.75, 3.05) is 6.61 Å². The van der Waals surface area contributed by atoms with Crippen LogP contribution < -0.4 is 0 Å². The minimum Gasteiger partial charge on any atom is -0.465 e. The van der Waals surface area contributed by atoms with Gasteiger partial charge in [-0.05, 0) is 13.8 Å². The molecule has 0 aliphatic carbocycles. The molecule has 0 bridgehead atoms. The molecule has 7 heteroatoms. The Morgan fingerprint density at radius 2 is 1.90 bits per heavy atom. The number of rotatable bonds is 7. The summed E-state index contributed by atoms with van der Waals surface area (Å²) in [6.07, 6.45) is -0.375. The SMILES string of the molecule is CCOC(=O)C(C(C)=O)C(=O)Cc1ccccc1[N+](=O)[O-]. The summed E-state index contributed by atoms with van der Waals surface area (Å²) in [4.78, 5) is 45.5. The van der Waals surface area contributed by atoms with Crippen molar-refractivity contribution >= 4 is 23.2 Å². The molecule has 0 saturated carbocycles. The van der Waals surface area contributed by atoms with Crippen LogP contribution in [0, 0.1) is 16.0 Å². The van der Waals surface area contributed by atoms with Crippen LogP contribution in [0.4, 0.5) is 5.69 Å². The van der Waals surface area contributed by atoms with Crippen LogP contribution in [-0.2, 0) is 25.5 Å². The van der Waals surface area contributed by atoms with Crippen molar-refractivity contribution in [1.29, 1.82) is 0 Å². The highest BCUT2D eigenvalue weighted by atomic mass is 16.6. The zero-order chi connectivity index (χ0) is 16.0. The number of ether oxygens (including phenoxy) is 1. The molecule has 1 atom stereocenters. The number of hydrogen-bond donors (Lipinski definition) is 0. The van der Waals surface area contributed by atoms with E-state index in [-0.39, 0.29) is 24.3 Å². The third-order valence-corrected chi connectivity index (χ3v) is 2.80. The van der Waals surface area contributed by atoms with Crippen molar-refractivity contribution in [3.05, 3.63) is 39.9 Å². The van der Waals surface area contributed by atoms with E-state index in [4.69, 9.17) is 0 Å². The first-order chi connectivity index (χ1) is 9.88. The van der Waals surface area contributed by atoms with Gasteiger partial charge >= 0.3 is 5.97 Å². The number of nitro benzene ring substituents is 1. The van der Waals surface area contributed by atoms with Crippen molar-refractivity contribution in [2.24, 2.45) is 5.92 Å². The molecule has 0 aliphatic heterocycles. The number of carbonyl (C=O) groups is 3. The van der Waals surface area contributed by atoms with E-state index >= 15 is 0 Å². The smallest absolute Gasteiger partial charge is 0.324 e. The van der Waals surface area contributed by atoms with Gasteiger partial charge in [-0.25, -0.2) is 0 Å². The molecular weight excluding hydrogens is 278 g/mol. The summed E-state index contributed by atoms with van der Waals surface area (Å²) >= 11 is 0. The molecule has 0 amide bonds. The van der Waals surface area contributed by atoms with E-state index in [2.05, 4.69) is 4.74 Å². The Hall–Kier alpha value is -2.57. The van der Waals surface area contributed by atoms with Crippen molar-refractivity contribution in [1.82, 2.24) is 0 Å². The number of nitro groups is 1. The highest BCUT2D eigenvalue weighted by molar-refractivity contribution is 6.17. The van der Waals surface area contributed by atoms with Gasteiger partial charge in [0.15, 0.2) is 17.5 Å². The summed E-state index contributed by atoms with van der Waals surface area (Å²) < 4.78 is 4.69. The van der Waals surface area contributed by atoms with E-state index in [0.717, 1.165) is 6.92 Å². The lowest BCUT2D eigenvalue weighted by molar-refractivity contribution is -0.385. The van der Waals surface area contributed by atoms with Gasteiger partial charge in [0.05, 0.1) is 11.5 Å². The van der Waals surface area contributed by atoms with E-state index in [1.54, 1.807) is 13.0 Å². The minimum atomic E-state index is -1.54. The van der Waals surface area contributed by atoms with Crippen molar-refractivity contribution in [2.45, 2.75) is 20.3 Å². The predicted octanol–water partition coefficient (Wildman–Crippen LogP) is 1.47. The maximum atomic E-state index is 12.1. The molecule has 1 aromatic rings. The van der Waals surface area contributed by atoms with Crippen LogP contribution in [0.15, 0.2) is 24.3 Å². The number of nitrogens with zero attached hydrogens (tertiary/aromatic N) is 1. The Labute approximate surface area is 121 Å². The predicted molar refractivity (Wildman–Crippen MR) is 72.6 cm³/mol. The fourth-order valence-corrected chi connectivity index (χ4v) is 1.88. The van der Waals surface area contributed by atoms with Crippen LogP contribution in [-0.4, -0.2) is 29.1 Å². The van der Waals surface area contributed by atoms with E-state index < -0.39 is 28.4 Å². The maximum Gasteiger partial charge on any atom is 0.324 e. The van der Waals surface area contributed by atoms with Crippen LogP contribution in [0.25, 0.3) is 0 Å². The van der Waals surface area contributed by atoms with Crippen LogP contribution >= 0.6 is 0 Å². The van der Waals surface area contributed by atoms with Gasteiger partial charge in [-0.1, -0.05) is 18.2 Å². The summed E-state index contributed by atoms with van der Waals surface area (Å²) in [6, 6.07) is 5.69. The quantitative estimate of drug-likeness (QED) is 0.326. The average molecular weight is 293 g/mol. The molecule has 0 N–H and O–H groups in total.